The van der Waals surface area contributed by atoms with E-state index in [-0.39, 0.29) is 5.11 Å². The molecular weight excluding hydrogens is 553 g/mol. The summed E-state index contributed by atoms with van der Waals surface area (Å²) < 4.78 is 11.6. The predicted molar refractivity (Wildman–Crippen MR) is 152 cm³/mol. The number of fused-ring (bicyclic) bond motifs is 1. The molecule has 184 valence electrons. The zero-order chi connectivity index (χ0) is 25.9. The number of furan rings is 1. The number of hydrogen-bond donors (Lipinski definition) is 2. The Hall–Kier alpha value is -3.62. The van der Waals surface area contributed by atoms with Gasteiger partial charge in [-0.2, -0.15) is 0 Å². The number of nitrogens with zero attached hydrogens (tertiary/aromatic N) is 1. The zero-order valence-electron chi connectivity index (χ0n) is 18.8. The Balaban J connectivity index is 1.23. The van der Waals surface area contributed by atoms with Gasteiger partial charge in [0, 0.05) is 22.2 Å². The summed E-state index contributed by atoms with van der Waals surface area (Å²) in [5.74, 6) is 0.999. The molecule has 37 heavy (non-hydrogen) atoms. The highest BCUT2D eigenvalue weighted by atomic mass is 35.5. The van der Waals surface area contributed by atoms with E-state index in [9.17, 15) is 4.79 Å². The van der Waals surface area contributed by atoms with Crippen molar-refractivity contribution in [2.24, 2.45) is 0 Å². The summed E-state index contributed by atoms with van der Waals surface area (Å²) >= 11 is 23.8. The SMILES string of the molecule is O=C(/C=C/c1ccc(-c2ccc(Cl)cc2Cl)o1)NC(=S)Nc1cc(-c2nc3ccccc3o2)ccc1Cl. The predicted octanol–water partition coefficient (Wildman–Crippen LogP) is 8.24. The summed E-state index contributed by atoms with van der Waals surface area (Å²) in [5.41, 5.74) is 3.31. The molecule has 0 atom stereocenters. The molecule has 0 saturated heterocycles. The Morgan fingerprint density at radius 1 is 0.919 bits per heavy atom. The van der Waals surface area contributed by atoms with Crippen molar-refractivity contribution in [3.8, 4) is 22.8 Å². The maximum Gasteiger partial charge on any atom is 0.250 e. The second kappa shape index (κ2) is 10.8. The minimum atomic E-state index is -0.453. The number of para-hydroxylation sites is 2. The third-order valence-corrected chi connectivity index (χ3v) is 6.30. The first-order chi connectivity index (χ1) is 17.9. The number of rotatable bonds is 5. The van der Waals surface area contributed by atoms with Crippen molar-refractivity contribution in [2.45, 2.75) is 0 Å². The highest BCUT2D eigenvalue weighted by Crippen LogP contribution is 2.32. The number of benzene rings is 3. The molecule has 0 saturated carbocycles. The van der Waals surface area contributed by atoms with Gasteiger partial charge in [-0.25, -0.2) is 4.98 Å². The van der Waals surface area contributed by atoms with Crippen molar-refractivity contribution in [3.05, 3.63) is 99.7 Å². The van der Waals surface area contributed by atoms with E-state index in [2.05, 4.69) is 15.6 Å². The number of carbonyl (C=O) groups is 1. The number of aromatic nitrogens is 1. The van der Waals surface area contributed by atoms with Crippen LogP contribution < -0.4 is 10.6 Å². The maximum atomic E-state index is 12.4. The Kier molecular flexibility index (Phi) is 7.30. The molecule has 0 aliphatic rings. The molecule has 2 N–H and O–H groups in total. The number of nitrogens with one attached hydrogen (secondary N) is 2. The average Bonchev–Trinajstić information content (AvgIpc) is 3.51. The number of anilines is 1. The minimum absolute atomic E-state index is 0.0688. The first kappa shape index (κ1) is 25.0. The van der Waals surface area contributed by atoms with E-state index in [0.29, 0.717) is 54.9 Å². The van der Waals surface area contributed by atoms with E-state index < -0.39 is 5.91 Å². The van der Waals surface area contributed by atoms with E-state index in [1.54, 1.807) is 48.5 Å². The van der Waals surface area contributed by atoms with Crippen LogP contribution in [0.2, 0.25) is 15.1 Å². The number of amides is 1. The number of oxazole rings is 1. The highest BCUT2D eigenvalue weighted by molar-refractivity contribution is 7.80. The molecule has 0 aliphatic heterocycles. The van der Waals surface area contributed by atoms with E-state index in [0.717, 1.165) is 5.52 Å². The Morgan fingerprint density at radius 2 is 1.76 bits per heavy atom. The van der Waals surface area contributed by atoms with Crippen LogP contribution in [-0.2, 0) is 4.79 Å². The second-order valence-electron chi connectivity index (χ2n) is 7.78. The summed E-state index contributed by atoms with van der Waals surface area (Å²) in [6.07, 6.45) is 2.82. The molecular formula is C27H16Cl3N3O3S. The number of carbonyl (C=O) groups excluding carboxylic acids is 1. The van der Waals surface area contributed by atoms with Crippen LogP contribution >= 0.6 is 47.0 Å². The van der Waals surface area contributed by atoms with Crippen molar-refractivity contribution in [2.75, 3.05) is 5.32 Å². The van der Waals surface area contributed by atoms with Gasteiger partial charge in [-0.15, -0.1) is 0 Å². The Morgan fingerprint density at radius 3 is 2.57 bits per heavy atom. The lowest BCUT2D eigenvalue weighted by Crippen LogP contribution is -2.32. The van der Waals surface area contributed by atoms with Crippen LogP contribution in [0.15, 0.2) is 87.7 Å². The van der Waals surface area contributed by atoms with Gasteiger partial charge in [0.2, 0.25) is 11.8 Å². The van der Waals surface area contributed by atoms with E-state index in [4.69, 9.17) is 55.9 Å². The molecule has 1 amide bonds. The lowest BCUT2D eigenvalue weighted by molar-refractivity contribution is -0.115. The van der Waals surface area contributed by atoms with Crippen LogP contribution in [0.5, 0.6) is 0 Å². The molecule has 0 aliphatic carbocycles. The summed E-state index contributed by atoms with van der Waals surface area (Å²) in [6, 6.07) is 21.3. The van der Waals surface area contributed by atoms with Gasteiger partial charge in [-0.3, -0.25) is 10.1 Å². The van der Waals surface area contributed by atoms with Crippen LogP contribution in [0.25, 0.3) is 40.0 Å². The number of hydrogen-bond acceptors (Lipinski definition) is 5. The molecule has 0 unspecified atom stereocenters. The molecule has 3 aromatic carbocycles. The smallest absolute Gasteiger partial charge is 0.250 e. The summed E-state index contributed by atoms with van der Waals surface area (Å²) in [6.45, 7) is 0. The quantitative estimate of drug-likeness (QED) is 0.164. The van der Waals surface area contributed by atoms with Gasteiger partial charge in [0.05, 0.1) is 15.7 Å². The first-order valence-electron chi connectivity index (χ1n) is 10.9. The lowest BCUT2D eigenvalue weighted by Gasteiger charge is -2.10. The van der Waals surface area contributed by atoms with E-state index in [1.807, 2.05) is 24.3 Å². The number of halogens is 3. The average molecular weight is 569 g/mol. The third kappa shape index (κ3) is 5.87. The van der Waals surface area contributed by atoms with Gasteiger partial charge >= 0.3 is 0 Å². The summed E-state index contributed by atoms with van der Waals surface area (Å²) in [5, 5.41) is 6.99. The number of thiocarbonyl (C=S) groups is 1. The minimum Gasteiger partial charge on any atom is -0.457 e. The fourth-order valence-corrected chi connectivity index (χ4v) is 4.37. The van der Waals surface area contributed by atoms with Crippen LogP contribution in [0.4, 0.5) is 5.69 Å². The highest BCUT2D eigenvalue weighted by Gasteiger charge is 2.12. The molecule has 5 aromatic rings. The maximum absolute atomic E-state index is 12.4. The first-order valence-corrected chi connectivity index (χ1v) is 12.4. The normalized spacial score (nSPS) is 11.2. The van der Waals surface area contributed by atoms with Gasteiger partial charge in [-0.05, 0) is 79.0 Å². The van der Waals surface area contributed by atoms with Crippen molar-refractivity contribution in [1.29, 1.82) is 0 Å². The molecule has 2 heterocycles. The van der Waals surface area contributed by atoms with Crippen LogP contribution in [-0.4, -0.2) is 16.0 Å². The van der Waals surface area contributed by atoms with Gasteiger partial charge in [-0.1, -0.05) is 46.9 Å². The standard InChI is InChI=1S/C27H16Cl3N3O3S/c28-16-6-9-18(20(30)14-16)23-11-7-17(35-23)8-12-25(34)33-27(37)32-22-13-15(5-10-19(22)29)26-31-21-3-1-2-4-24(21)36-26/h1-14H,(H2,32,33,34,37)/b12-8+. The Bertz CT molecular complexity index is 1640. The Labute approximate surface area is 231 Å². The molecule has 0 fully saturated rings. The van der Waals surface area contributed by atoms with Gasteiger partial charge in [0.15, 0.2) is 10.7 Å². The summed E-state index contributed by atoms with van der Waals surface area (Å²) in [4.78, 5) is 16.9. The second-order valence-corrected chi connectivity index (χ2v) is 9.44. The molecule has 5 rings (SSSR count). The van der Waals surface area contributed by atoms with Crippen LogP contribution in [0.3, 0.4) is 0 Å². The van der Waals surface area contributed by atoms with Crippen LogP contribution in [0.1, 0.15) is 5.76 Å². The molecule has 0 radical (unpaired) electrons. The monoisotopic (exact) mass is 567 g/mol. The zero-order valence-corrected chi connectivity index (χ0v) is 21.9. The third-order valence-electron chi connectivity index (χ3n) is 5.21. The molecule has 10 heteroatoms. The van der Waals surface area contributed by atoms with Crippen LogP contribution in [0, 0.1) is 0 Å². The van der Waals surface area contributed by atoms with Gasteiger partial charge in [0.25, 0.3) is 0 Å². The van der Waals surface area contributed by atoms with Gasteiger partial charge in [0.1, 0.15) is 17.0 Å². The van der Waals surface area contributed by atoms with Gasteiger partial charge < -0.3 is 14.2 Å². The van der Waals surface area contributed by atoms with E-state index in [1.165, 1.54) is 12.2 Å². The molecule has 0 bridgehead atoms. The lowest BCUT2D eigenvalue weighted by atomic mass is 10.2. The molecule has 2 aromatic heterocycles. The largest absolute Gasteiger partial charge is 0.457 e. The van der Waals surface area contributed by atoms with Crippen molar-refractivity contribution < 1.29 is 13.6 Å². The summed E-state index contributed by atoms with van der Waals surface area (Å²) in [7, 11) is 0. The van der Waals surface area contributed by atoms with Crippen molar-refractivity contribution >= 4 is 80.9 Å². The fourth-order valence-electron chi connectivity index (χ4n) is 3.49. The van der Waals surface area contributed by atoms with Crippen molar-refractivity contribution in [3.63, 3.8) is 0 Å². The topological polar surface area (TPSA) is 80.3 Å². The molecule has 0 spiro atoms. The fraction of sp³-hybridized carbons (Fsp3) is 0. The van der Waals surface area contributed by atoms with Crippen molar-refractivity contribution in [1.82, 2.24) is 10.3 Å². The molecule has 6 nitrogen and oxygen atoms in total. The van der Waals surface area contributed by atoms with E-state index >= 15 is 0 Å².